The Morgan fingerprint density at radius 1 is 1.26 bits per heavy atom. The molecule has 2 aliphatic heterocycles. The molecule has 0 spiro atoms. The van der Waals surface area contributed by atoms with Crippen LogP contribution in [0.25, 0.3) is 0 Å². The molecule has 5 nitrogen and oxygen atoms in total. The van der Waals surface area contributed by atoms with Crippen LogP contribution in [0.1, 0.15) is 37.8 Å². The Morgan fingerprint density at radius 2 is 2.04 bits per heavy atom. The molecule has 2 heterocycles. The average molecular weight is 486 g/mol. The predicted octanol–water partition coefficient (Wildman–Crippen LogP) is 3.03. The summed E-state index contributed by atoms with van der Waals surface area (Å²) in [5.41, 5.74) is 2.98. The SMILES string of the molecule is CN=C(NCC1CCCO1)NCC(C(C)C)N1CCc2ccccc2C1.I. The molecule has 0 aliphatic carbocycles. The van der Waals surface area contributed by atoms with Crippen LogP contribution in [0.4, 0.5) is 0 Å². The summed E-state index contributed by atoms with van der Waals surface area (Å²) in [7, 11) is 1.84. The topological polar surface area (TPSA) is 48.9 Å². The molecule has 2 N–H and O–H groups in total. The molecule has 0 amide bonds. The maximum atomic E-state index is 5.69. The molecule has 1 aromatic rings. The van der Waals surface area contributed by atoms with Crippen molar-refractivity contribution in [2.45, 2.75) is 51.8 Å². The van der Waals surface area contributed by atoms with Crippen molar-refractivity contribution in [1.29, 1.82) is 0 Å². The fourth-order valence-corrected chi connectivity index (χ4v) is 4.02. The lowest BCUT2D eigenvalue weighted by Crippen LogP contribution is -2.51. The molecule has 2 aliphatic rings. The van der Waals surface area contributed by atoms with E-state index in [9.17, 15) is 0 Å². The lowest BCUT2D eigenvalue weighted by atomic mass is 9.95. The van der Waals surface area contributed by atoms with E-state index in [4.69, 9.17) is 4.74 Å². The van der Waals surface area contributed by atoms with Crippen LogP contribution in [0.15, 0.2) is 29.3 Å². The molecule has 0 saturated carbocycles. The summed E-state index contributed by atoms with van der Waals surface area (Å²) in [6.45, 7) is 9.44. The Bertz CT molecular complexity index is 602. The van der Waals surface area contributed by atoms with E-state index in [1.165, 1.54) is 17.5 Å². The third-order valence-electron chi connectivity index (χ3n) is 5.62. The largest absolute Gasteiger partial charge is 0.376 e. The number of aliphatic imine (C=N–C) groups is 1. The van der Waals surface area contributed by atoms with Gasteiger partial charge in [-0.3, -0.25) is 9.89 Å². The summed E-state index contributed by atoms with van der Waals surface area (Å²) >= 11 is 0. The fraction of sp³-hybridized carbons (Fsp3) is 0.667. The number of guanidine groups is 1. The van der Waals surface area contributed by atoms with Crippen LogP contribution in [0, 0.1) is 5.92 Å². The first kappa shape index (κ1) is 22.4. The predicted molar refractivity (Wildman–Crippen MR) is 123 cm³/mol. The number of hydrogen-bond donors (Lipinski definition) is 2. The number of fused-ring (bicyclic) bond motifs is 1. The summed E-state index contributed by atoms with van der Waals surface area (Å²) in [5, 5.41) is 6.96. The standard InChI is InChI=1S/C21H34N4O.HI/c1-16(2)20(25-11-10-17-7-4-5-8-18(17)15-25)14-24-21(22-3)23-13-19-9-6-12-26-19;/h4-5,7-8,16,19-20H,6,9-15H2,1-3H3,(H2,22,23,24);1H. The molecule has 0 radical (unpaired) electrons. The van der Waals surface area contributed by atoms with Gasteiger partial charge >= 0.3 is 0 Å². The first-order valence-corrected chi connectivity index (χ1v) is 10.0. The van der Waals surface area contributed by atoms with Gasteiger partial charge in [0.25, 0.3) is 0 Å². The molecule has 1 aromatic carbocycles. The molecule has 1 fully saturated rings. The van der Waals surface area contributed by atoms with Gasteiger partial charge in [0.15, 0.2) is 5.96 Å². The van der Waals surface area contributed by atoms with E-state index in [-0.39, 0.29) is 24.0 Å². The molecule has 3 rings (SSSR count). The van der Waals surface area contributed by atoms with Crippen molar-refractivity contribution >= 4 is 29.9 Å². The number of halogens is 1. The highest BCUT2D eigenvalue weighted by Crippen LogP contribution is 2.22. The first-order valence-electron chi connectivity index (χ1n) is 10.0. The number of nitrogens with zero attached hydrogens (tertiary/aromatic N) is 2. The zero-order valence-electron chi connectivity index (χ0n) is 16.9. The zero-order chi connectivity index (χ0) is 18.4. The molecule has 152 valence electrons. The van der Waals surface area contributed by atoms with Gasteiger partial charge in [0, 0.05) is 45.9 Å². The van der Waals surface area contributed by atoms with E-state index < -0.39 is 0 Å². The molecular formula is C21H35IN4O. The van der Waals surface area contributed by atoms with E-state index in [0.717, 1.165) is 51.6 Å². The van der Waals surface area contributed by atoms with Crippen molar-refractivity contribution in [3.8, 4) is 0 Å². The van der Waals surface area contributed by atoms with Gasteiger partial charge < -0.3 is 15.4 Å². The fourth-order valence-electron chi connectivity index (χ4n) is 4.02. The smallest absolute Gasteiger partial charge is 0.191 e. The number of rotatable bonds is 6. The summed E-state index contributed by atoms with van der Waals surface area (Å²) < 4.78 is 5.69. The van der Waals surface area contributed by atoms with Gasteiger partial charge in [0.2, 0.25) is 0 Å². The van der Waals surface area contributed by atoms with Crippen molar-refractivity contribution in [3.05, 3.63) is 35.4 Å². The van der Waals surface area contributed by atoms with Crippen molar-refractivity contribution in [3.63, 3.8) is 0 Å². The lowest BCUT2D eigenvalue weighted by molar-refractivity contribution is 0.113. The Balaban J connectivity index is 0.00000261. The number of benzene rings is 1. The molecule has 6 heteroatoms. The lowest BCUT2D eigenvalue weighted by Gasteiger charge is -2.38. The summed E-state index contributed by atoms with van der Waals surface area (Å²) in [6, 6.07) is 9.34. The van der Waals surface area contributed by atoms with Gasteiger partial charge in [0.1, 0.15) is 0 Å². The Hall–Kier alpha value is -0.860. The summed E-state index contributed by atoms with van der Waals surface area (Å²) in [6.07, 6.45) is 3.79. The van der Waals surface area contributed by atoms with Gasteiger partial charge in [-0.25, -0.2) is 0 Å². The second-order valence-corrected chi connectivity index (χ2v) is 7.77. The van der Waals surface area contributed by atoms with Crippen LogP contribution in [-0.4, -0.2) is 56.3 Å². The zero-order valence-corrected chi connectivity index (χ0v) is 19.2. The molecule has 1 saturated heterocycles. The van der Waals surface area contributed by atoms with E-state index in [1.807, 2.05) is 7.05 Å². The van der Waals surface area contributed by atoms with Gasteiger partial charge in [-0.2, -0.15) is 0 Å². The average Bonchev–Trinajstić information content (AvgIpc) is 3.17. The van der Waals surface area contributed by atoms with Crippen LogP contribution in [-0.2, 0) is 17.7 Å². The highest BCUT2D eigenvalue weighted by Gasteiger charge is 2.26. The number of ether oxygens (including phenoxy) is 1. The van der Waals surface area contributed by atoms with Crippen molar-refractivity contribution in [2.75, 3.05) is 33.3 Å². The number of nitrogens with one attached hydrogen (secondary N) is 2. The third kappa shape index (κ3) is 6.32. The maximum absolute atomic E-state index is 5.69. The van der Waals surface area contributed by atoms with Gasteiger partial charge in [-0.1, -0.05) is 38.1 Å². The van der Waals surface area contributed by atoms with Crippen LogP contribution in [0.3, 0.4) is 0 Å². The molecular weight excluding hydrogens is 451 g/mol. The second kappa shape index (κ2) is 11.2. The molecule has 0 aromatic heterocycles. The van der Waals surface area contributed by atoms with E-state index >= 15 is 0 Å². The molecule has 2 unspecified atom stereocenters. The van der Waals surface area contributed by atoms with Gasteiger partial charge in [0.05, 0.1) is 6.10 Å². The van der Waals surface area contributed by atoms with Crippen molar-refractivity contribution in [2.24, 2.45) is 10.9 Å². The number of hydrogen-bond acceptors (Lipinski definition) is 3. The van der Waals surface area contributed by atoms with Crippen LogP contribution in [0.2, 0.25) is 0 Å². The minimum absolute atomic E-state index is 0. The Morgan fingerprint density at radius 3 is 2.70 bits per heavy atom. The van der Waals surface area contributed by atoms with Crippen LogP contribution < -0.4 is 10.6 Å². The Labute approximate surface area is 181 Å². The van der Waals surface area contributed by atoms with Crippen molar-refractivity contribution in [1.82, 2.24) is 15.5 Å². The first-order chi connectivity index (χ1) is 12.7. The molecule has 27 heavy (non-hydrogen) atoms. The maximum Gasteiger partial charge on any atom is 0.191 e. The quantitative estimate of drug-likeness (QED) is 0.369. The van der Waals surface area contributed by atoms with E-state index in [0.29, 0.717) is 18.1 Å². The monoisotopic (exact) mass is 486 g/mol. The highest BCUT2D eigenvalue weighted by molar-refractivity contribution is 14.0. The van der Waals surface area contributed by atoms with Gasteiger partial charge in [-0.05, 0) is 36.3 Å². The van der Waals surface area contributed by atoms with E-state index in [2.05, 4.69) is 58.6 Å². The summed E-state index contributed by atoms with van der Waals surface area (Å²) in [5.74, 6) is 1.47. The minimum atomic E-state index is 0. The second-order valence-electron chi connectivity index (χ2n) is 7.77. The normalized spacial score (nSPS) is 21.5. The highest BCUT2D eigenvalue weighted by atomic mass is 127. The van der Waals surface area contributed by atoms with Crippen molar-refractivity contribution < 1.29 is 4.74 Å². The molecule has 0 bridgehead atoms. The van der Waals surface area contributed by atoms with E-state index in [1.54, 1.807) is 0 Å². The Kier molecular flexibility index (Phi) is 9.32. The minimum Gasteiger partial charge on any atom is -0.376 e. The summed E-state index contributed by atoms with van der Waals surface area (Å²) in [4.78, 5) is 7.00. The van der Waals surface area contributed by atoms with Crippen LogP contribution >= 0.6 is 24.0 Å². The third-order valence-corrected chi connectivity index (χ3v) is 5.62. The van der Waals surface area contributed by atoms with Gasteiger partial charge in [-0.15, -0.1) is 24.0 Å². The molecule has 2 atom stereocenters. The van der Waals surface area contributed by atoms with Crippen LogP contribution in [0.5, 0.6) is 0 Å².